The van der Waals surface area contributed by atoms with Crippen LogP contribution in [-0.2, 0) is 26.2 Å². The van der Waals surface area contributed by atoms with E-state index in [9.17, 15) is 18.0 Å². The minimum Gasteiger partial charge on any atom is -0.342 e. The maximum atomic E-state index is 12.9. The number of aryl methyl sites for hydroxylation is 1. The first-order valence-electron chi connectivity index (χ1n) is 9.78. The highest BCUT2D eigenvalue weighted by Crippen LogP contribution is 2.25. The van der Waals surface area contributed by atoms with Gasteiger partial charge in [0.2, 0.25) is 21.8 Å². The number of rotatable bonds is 6. The maximum Gasteiger partial charge on any atom is 0.228 e. The maximum absolute atomic E-state index is 12.9. The number of piperidine rings is 1. The molecule has 2 unspecified atom stereocenters. The third-order valence-corrected chi connectivity index (χ3v) is 6.21. The summed E-state index contributed by atoms with van der Waals surface area (Å²) < 4.78 is 25.1. The molecule has 3 rings (SSSR count). The smallest absolute Gasteiger partial charge is 0.228 e. The minimum atomic E-state index is -3.23. The van der Waals surface area contributed by atoms with Crippen LogP contribution in [0.3, 0.4) is 0 Å². The first-order chi connectivity index (χ1) is 13.2. The monoisotopic (exact) mass is 407 g/mol. The summed E-state index contributed by atoms with van der Waals surface area (Å²) in [6.07, 6.45) is 3.16. The van der Waals surface area contributed by atoms with Gasteiger partial charge in [-0.15, -0.1) is 0 Å². The van der Waals surface area contributed by atoms with Crippen LogP contribution in [0.2, 0.25) is 0 Å². The molecule has 1 aromatic carbocycles. The van der Waals surface area contributed by atoms with Gasteiger partial charge in [0.1, 0.15) is 0 Å². The number of likely N-dealkylation sites (tertiary alicyclic amines) is 2. The molecule has 0 bridgehead atoms. The Kier molecular flexibility index (Phi) is 6.40. The van der Waals surface area contributed by atoms with Crippen LogP contribution in [0.15, 0.2) is 24.3 Å². The van der Waals surface area contributed by atoms with Crippen LogP contribution in [0.4, 0.5) is 0 Å². The highest BCUT2D eigenvalue weighted by atomic mass is 32.2. The molecule has 0 aliphatic carbocycles. The second-order valence-electron chi connectivity index (χ2n) is 8.07. The third kappa shape index (κ3) is 5.54. The first-order valence-corrected chi connectivity index (χ1v) is 11.7. The predicted molar refractivity (Wildman–Crippen MR) is 107 cm³/mol. The van der Waals surface area contributed by atoms with Crippen molar-refractivity contribution in [1.82, 2.24) is 14.5 Å². The standard InChI is InChI=1S/C20H29N3O4S/c1-15-5-7-16(8-6-15)12-23-14-18(10-19(23)24)20(25)22-9-3-4-17(13-22)11-21-28(2,26)27/h5-8,17-18,21H,3-4,9-14H2,1-2H3. The largest absolute Gasteiger partial charge is 0.342 e. The van der Waals surface area contributed by atoms with Gasteiger partial charge in [0.25, 0.3) is 0 Å². The Labute approximate surface area is 167 Å². The van der Waals surface area contributed by atoms with Gasteiger partial charge >= 0.3 is 0 Å². The molecule has 2 aliphatic heterocycles. The zero-order chi connectivity index (χ0) is 20.3. The number of nitrogens with zero attached hydrogens (tertiary/aromatic N) is 2. The van der Waals surface area contributed by atoms with Gasteiger partial charge in [0.05, 0.1) is 12.2 Å². The summed E-state index contributed by atoms with van der Waals surface area (Å²) in [6.45, 7) is 4.58. The Morgan fingerprint density at radius 2 is 1.93 bits per heavy atom. The highest BCUT2D eigenvalue weighted by molar-refractivity contribution is 7.88. The van der Waals surface area contributed by atoms with Gasteiger partial charge in [-0.25, -0.2) is 13.1 Å². The summed E-state index contributed by atoms with van der Waals surface area (Å²) in [5.41, 5.74) is 2.24. The van der Waals surface area contributed by atoms with Crippen molar-refractivity contribution in [3.05, 3.63) is 35.4 Å². The van der Waals surface area contributed by atoms with E-state index in [2.05, 4.69) is 4.72 Å². The van der Waals surface area contributed by atoms with Crippen LogP contribution < -0.4 is 4.72 Å². The third-order valence-electron chi connectivity index (χ3n) is 5.52. The number of sulfonamides is 1. The molecule has 28 heavy (non-hydrogen) atoms. The summed E-state index contributed by atoms with van der Waals surface area (Å²) in [4.78, 5) is 28.9. The fraction of sp³-hybridized carbons (Fsp3) is 0.600. The lowest BCUT2D eigenvalue weighted by atomic mass is 9.96. The predicted octanol–water partition coefficient (Wildman–Crippen LogP) is 1.13. The van der Waals surface area contributed by atoms with Gasteiger partial charge in [0, 0.05) is 39.1 Å². The summed E-state index contributed by atoms with van der Waals surface area (Å²) >= 11 is 0. The Morgan fingerprint density at radius 1 is 1.21 bits per heavy atom. The number of carbonyl (C=O) groups is 2. The van der Waals surface area contributed by atoms with Crippen molar-refractivity contribution in [1.29, 1.82) is 0 Å². The molecule has 2 amide bonds. The molecule has 2 heterocycles. The molecular weight excluding hydrogens is 378 g/mol. The van der Waals surface area contributed by atoms with Crippen molar-refractivity contribution in [2.75, 3.05) is 32.4 Å². The molecule has 0 radical (unpaired) electrons. The summed E-state index contributed by atoms with van der Waals surface area (Å²) in [7, 11) is -3.23. The molecule has 0 saturated carbocycles. The lowest BCUT2D eigenvalue weighted by Gasteiger charge is -2.34. The average Bonchev–Trinajstić information content (AvgIpc) is 3.01. The summed E-state index contributed by atoms with van der Waals surface area (Å²) in [5.74, 6) is -0.150. The molecule has 0 aromatic heterocycles. The van der Waals surface area contributed by atoms with Crippen molar-refractivity contribution >= 4 is 21.8 Å². The van der Waals surface area contributed by atoms with Crippen molar-refractivity contribution in [3.63, 3.8) is 0 Å². The van der Waals surface area contributed by atoms with Crippen LogP contribution in [-0.4, -0.2) is 62.5 Å². The molecule has 2 saturated heterocycles. The van der Waals surface area contributed by atoms with Gasteiger partial charge in [-0.1, -0.05) is 29.8 Å². The van der Waals surface area contributed by atoms with Crippen molar-refractivity contribution in [2.45, 2.75) is 32.7 Å². The van der Waals surface area contributed by atoms with Gasteiger partial charge in [-0.05, 0) is 31.2 Å². The van der Waals surface area contributed by atoms with Crippen LogP contribution in [0, 0.1) is 18.8 Å². The fourth-order valence-electron chi connectivity index (χ4n) is 3.96. The Morgan fingerprint density at radius 3 is 2.61 bits per heavy atom. The van der Waals surface area contributed by atoms with Crippen LogP contribution in [0.25, 0.3) is 0 Å². The van der Waals surface area contributed by atoms with Crippen LogP contribution in [0.5, 0.6) is 0 Å². The number of amides is 2. The molecule has 2 aliphatic rings. The molecular formula is C20H29N3O4S. The topological polar surface area (TPSA) is 86.8 Å². The number of hydrogen-bond acceptors (Lipinski definition) is 4. The second kappa shape index (κ2) is 8.61. The molecule has 1 N–H and O–H groups in total. The second-order valence-corrected chi connectivity index (χ2v) is 9.91. The Balaban J connectivity index is 1.55. The number of hydrogen-bond donors (Lipinski definition) is 1. The van der Waals surface area contributed by atoms with E-state index in [0.717, 1.165) is 24.7 Å². The van der Waals surface area contributed by atoms with Gasteiger partial charge in [-0.2, -0.15) is 0 Å². The van der Waals surface area contributed by atoms with E-state index in [1.54, 1.807) is 4.90 Å². The van der Waals surface area contributed by atoms with Crippen LogP contribution in [0.1, 0.15) is 30.4 Å². The first kappa shape index (κ1) is 20.8. The van der Waals surface area contributed by atoms with E-state index in [4.69, 9.17) is 0 Å². The molecule has 2 atom stereocenters. The molecule has 8 heteroatoms. The molecule has 2 fully saturated rings. The average molecular weight is 408 g/mol. The normalized spacial score (nSPS) is 23.3. The molecule has 154 valence electrons. The number of nitrogens with one attached hydrogen (secondary N) is 1. The van der Waals surface area contributed by atoms with Crippen molar-refractivity contribution < 1.29 is 18.0 Å². The van der Waals surface area contributed by atoms with Crippen molar-refractivity contribution in [2.24, 2.45) is 11.8 Å². The Hall–Kier alpha value is -1.93. The SMILES string of the molecule is Cc1ccc(CN2CC(C(=O)N3CCCC(CNS(C)(=O)=O)C3)CC2=O)cc1. The zero-order valence-electron chi connectivity index (χ0n) is 16.6. The van der Waals surface area contributed by atoms with Gasteiger partial charge in [0.15, 0.2) is 0 Å². The lowest BCUT2D eigenvalue weighted by Crippen LogP contribution is -2.46. The molecule has 0 spiro atoms. The summed E-state index contributed by atoms with van der Waals surface area (Å²) in [6, 6.07) is 8.08. The quantitative estimate of drug-likeness (QED) is 0.766. The van der Waals surface area contributed by atoms with E-state index >= 15 is 0 Å². The highest BCUT2D eigenvalue weighted by Gasteiger charge is 2.37. The summed E-state index contributed by atoms with van der Waals surface area (Å²) in [5, 5.41) is 0. The van der Waals surface area contributed by atoms with E-state index < -0.39 is 10.0 Å². The number of benzene rings is 1. The van der Waals surface area contributed by atoms with E-state index in [1.807, 2.05) is 36.1 Å². The molecule has 7 nitrogen and oxygen atoms in total. The number of carbonyl (C=O) groups excluding carboxylic acids is 2. The fourth-order valence-corrected chi connectivity index (χ4v) is 4.50. The van der Waals surface area contributed by atoms with E-state index in [0.29, 0.717) is 32.7 Å². The van der Waals surface area contributed by atoms with Gasteiger partial charge < -0.3 is 9.80 Å². The van der Waals surface area contributed by atoms with E-state index in [1.165, 1.54) is 5.56 Å². The van der Waals surface area contributed by atoms with Crippen molar-refractivity contribution in [3.8, 4) is 0 Å². The Bertz CT molecular complexity index is 822. The van der Waals surface area contributed by atoms with Gasteiger partial charge in [-0.3, -0.25) is 9.59 Å². The van der Waals surface area contributed by atoms with E-state index in [-0.39, 0.29) is 30.1 Å². The lowest BCUT2D eigenvalue weighted by molar-refractivity contribution is -0.137. The molecule has 1 aromatic rings. The van der Waals surface area contributed by atoms with Crippen LogP contribution >= 0.6 is 0 Å². The minimum absolute atomic E-state index is 0.0174. The zero-order valence-corrected chi connectivity index (χ0v) is 17.4.